The summed E-state index contributed by atoms with van der Waals surface area (Å²) in [4.78, 5) is 2.71. The lowest BCUT2D eigenvalue weighted by molar-refractivity contribution is 0.116. The van der Waals surface area contributed by atoms with Crippen LogP contribution < -0.4 is 5.32 Å². The smallest absolute Gasteiger partial charge is 0.200 e. The van der Waals surface area contributed by atoms with E-state index in [0.29, 0.717) is 11.2 Å². The van der Waals surface area contributed by atoms with Crippen molar-refractivity contribution in [3.63, 3.8) is 0 Å². The summed E-state index contributed by atoms with van der Waals surface area (Å²) >= 11 is 2.07. The van der Waals surface area contributed by atoms with Crippen molar-refractivity contribution in [2.45, 2.75) is 31.2 Å². The zero-order chi connectivity index (χ0) is 14.8. The molecule has 2 aromatic rings. The van der Waals surface area contributed by atoms with Gasteiger partial charge in [-0.2, -0.15) is 11.8 Å². The summed E-state index contributed by atoms with van der Waals surface area (Å²) < 4.78 is 1.47. The number of anilines is 1. The number of tetrazole rings is 1. The zero-order valence-electron chi connectivity index (χ0n) is 12.6. The van der Waals surface area contributed by atoms with Crippen LogP contribution in [0.3, 0.4) is 0 Å². The number of fused-ring (bicyclic) bond motifs is 1. The fourth-order valence-corrected chi connectivity index (χ4v) is 4.58. The van der Waals surface area contributed by atoms with Crippen molar-refractivity contribution < 1.29 is 0 Å². The lowest BCUT2D eigenvalue weighted by atomic mass is 9.94. The van der Waals surface area contributed by atoms with Gasteiger partial charge >= 0.3 is 0 Å². The number of hydrogen-bond acceptors (Lipinski definition) is 7. The third-order valence-electron chi connectivity index (χ3n) is 4.88. The van der Waals surface area contributed by atoms with Gasteiger partial charge in [0.2, 0.25) is 0 Å². The van der Waals surface area contributed by atoms with E-state index in [2.05, 4.69) is 42.6 Å². The van der Waals surface area contributed by atoms with Crippen LogP contribution in [0.5, 0.6) is 0 Å². The molecule has 0 amide bonds. The third kappa shape index (κ3) is 2.65. The number of aromatic nitrogens is 5. The number of nitrogens with one attached hydrogen (secondary N) is 1. The van der Waals surface area contributed by atoms with Gasteiger partial charge in [0.25, 0.3) is 0 Å². The first-order valence-electron chi connectivity index (χ1n) is 7.98. The Hall–Kier alpha value is -1.41. The minimum absolute atomic E-state index is 0.304. The maximum Gasteiger partial charge on any atom is 0.200 e. The van der Waals surface area contributed by atoms with Gasteiger partial charge in [0, 0.05) is 36.7 Å². The van der Waals surface area contributed by atoms with Crippen molar-refractivity contribution in [2.24, 2.45) is 0 Å². The normalized spacial score (nSPS) is 22.2. The van der Waals surface area contributed by atoms with Crippen molar-refractivity contribution in [1.29, 1.82) is 0 Å². The van der Waals surface area contributed by atoms with Gasteiger partial charge in [0.15, 0.2) is 5.65 Å². The van der Waals surface area contributed by atoms with Crippen molar-refractivity contribution in [1.82, 2.24) is 30.2 Å². The number of hydrogen-bond donors (Lipinski definition) is 1. The van der Waals surface area contributed by atoms with Crippen molar-refractivity contribution >= 4 is 23.2 Å². The highest BCUT2D eigenvalue weighted by Crippen LogP contribution is 2.36. The molecule has 22 heavy (non-hydrogen) atoms. The molecule has 1 aliphatic heterocycles. The van der Waals surface area contributed by atoms with Crippen LogP contribution in [-0.4, -0.2) is 66.8 Å². The van der Waals surface area contributed by atoms with Crippen LogP contribution in [0.2, 0.25) is 0 Å². The second kappa shape index (κ2) is 6.00. The van der Waals surface area contributed by atoms with Crippen LogP contribution in [0, 0.1) is 0 Å². The Labute approximate surface area is 133 Å². The summed E-state index contributed by atoms with van der Waals surface area (Å²) in [6.45, 7) is 3.38. The summed E-state index contributed by atoms with van der Waals surface area (Å²) in [6, 6.07) is 3.86. The van der Waals surface area contributed by atoms with Gasteiger partial charge in [0.1, 0.15) is 5.82 Å². The highest BCUT2D eigenvalue weighted by Gasteiger charge is 2.39. The number of rotatable bonds is 4. The minimum atomic E-state index is 0.304. The highest BCUT2D eigenvalue weighted by atomic mass is 32.2. The monoisotopic (exact) mass is 319 g/mol. The Morgan fingerprint density at radius 1 is 1.18 bits per heavy atom. The van der Waals surface area contributed by atoms with E-state index in [1.54, 1.807) is 0 Å². The molecule has 0 unspecified atom stereocenters. The fraction of sp³-hybridized carbons (Fsp3) is 0.714. The number of nitrogens with zero attached hydrogens (tertiary/aromatic N) is 6. The van der Waals surface area contributed by atoms with Gasteiger partial charge in [-0.15, -0.1) is 14.8 Å². The molecule has 4 rings (SSSR count). The Morgan fingerprint density at radius 3 is 2.82 bits per heavy atom. The highest BCUT2D eigenvalue weighted by molar-refractivity contribution is 7.99. The zero-order valence-corrected chi connectivity index (χ0v) is 13.4. The van der Waals surface area contributed by atoms with Gasteiger partial charge in [0.05, 0.1) is 0 Å². The van der Waals surface area contributed by atoms with E-state index in [4.69, 9.17) is 0 Å². The van der Waals surface area contributed by atoms with Crippen LogP contribution in [-0.2, 0) is 0 Å². The van der Waals surface area contributed by atoms with Gasteiger partial charge in [-0.05, 0) is 35.4 Å². The predicted molar refractivity (Wildman–Crippen MR) is 87.2 cm³/mol. The van der Waals surface area contributed by atoms with E-state index in [0.717, 1.165) is 12.4 Å². The Morgan fingerprint density at radius 2 is 2.00 bits per heavy atom. The molecule has 0 bridgehead atoms. The fourth-order valence-electron chi connectivity index (χ4n) is 3.67. The van der Waals surface area contributed by atoms with Gasteiger partial charge in [-0.1, -0.05) is 12.8 Å². The molecule has 3 heterocycles. The average Bonchev–Trinajstić information content (AvgIpc) is 3.23. The SMILES string of the molecule is c1cc2nnnn2nc1NCC1(N2CCSCC2)CCCC1. The van der Waals surface area contributed by atoms with Gasteiger partial charge in [-0.3, -0.25) is 4.90 Å². The van der Waals surface area contributed by atoms with Crippen LogP contribution in [0.25, 0.3) is 5.65 Å². The number of thioether (sulfide) groups is 1. The molecule has 2 aromatic heterocycles. The molecule has 2 aliphatic rings. The first-order valence-corrected chi connectivity index (χ1v) is 9.13. The van der Waals surface area contributed by atoms with Crippen molar-refractivity contribution in [3.8, 4) is 0 Å². The van der Waals surface area contributed by atoms with Crippen molar-refractivity contribution in [2.75, 3.05) is 36.5 Å². The van der Waals surface area contributed by atoms with Crippen LogP contribution in [0.15, 0.2) is 12.1 Å². The lowest BCUT2D eigenvalue weighted by Gasteiger charge is -2.43. The maximum absolute atomic E-state index is 4.42. The van der Waals surface area contributed by atoms with E-state index in [9.17, 15) is 0 Å². The quantitative estimate of drug-likeness (QED) is 0.910. The Balaban J connectivity index is 1.49. The van der Waals surface area contributed by atoms with E-state index in [1.807, 2.05) is 12.1 Å². The van der Waals surface area contributed by atoms with Gasteiger partial charge < -0.3 is 5.32 Å². The molecule has 0 atom stereocenters. The topological polar surface area (TPSA) is 71.2 Å². The molecule has 7 nitrogen and oxygen atoms in total. The standard InChI is InChI=1S/C14H21N7S/c1-2-6-14(5-1,20-7-9-22-10-8-20)11-15-12-3-4-13-16-18-19-21(13)17-12/h3-4H,1-2,5-11H2,(H,15,17). The van der Waals surface area contributed by atoms with Crippen LogP contribution in [0.4, 0.5) is 5.82 Å². The summed E-state index contributed by atoms with van der Waals surface area (Å²) in [5.41, 5.74) is 0.979. The molecule has 8 heteroatoms. The Bertz CT molecular complexity index is 631. The van der Waals surface area contributed by atoms with Crippen LogP contribution >= 0.6 is 11.8 Å². The first-order chi connectivity index (χ1) is 10.9. The molecule has 2 fully saturated rings. The van der Waals surface area contributed by atoms with E-state index in [-0.39, 0.29) is 0 Å². The van der Waals surface area contributed by atoms with E-state index >= 15 is 0 Å². The lowest BCUT2D eigenvalue weighted by Crippen LogP contribution is -2.54. The molecule has 118 valence electrons. The molecule has 1 N–H and O–H groups in total. The van der Waals surface area contributed by atoms with E-state index < -0.39 is 0 Å². The van der Waals surface area contributed by atoms with E-state index in [1.165, 1.54) is 54.9 Å². The first kappa shape index (κ1) is 14.2. The minimum Gasteiger partial charge on any atom is -0.367 e. The molecule has 1 saturated carbocycles. The second-order valence-corrected chi connectivity index (χ2v) is 7.35. The van der Waals surface area contributed by atoms with Gasteiger partial charge in [-0.25, -0.2) is 0 Å². The molecular weight excluding hydrogens is 298 g/mol. The Kier molecular flexibility index (Phi) is 3.87. The van der Waals surface area contributed by atoms with Crippen LogP contribution in [0.1, 0.15) is 25.7 Å². The largest absolute Gasteiger partial charge is 0.367 e. The molecule has 0 radical (unpaired) electrons. The summed E-state index contributed by atoms with van der Waals surface area (Å²) in [7, 11) is 0. The summed E-state index contributed by atoms with van der Waals surface area (Å²) in [5, 5.41) is 19.3. The molecular formula is C14H21N7S. The summed E-state index contributed by atoms with van der Waals surface area (Å²) in [6.07, 6.45) is 5.26. The molecule has 0 aromatic carbocycles. The average molecular weight is 319 g/mol. The molecule has 0 spiro atoms. The maximum atomic E-state index is 4.42. The molecule has 1 saturated heterocycles. The second-order valence-electron chi connectivity index (χ2n) is 6.13. The predicted octanol–water partition coefficient (Wildman–Crippen LogP) is 1.29. The third-order valence-corrected chi connectivity index (χ3v) is 5.83. The van der Waals surface area contributed by atoms with Crippen molar-refractivity contribution in [3.05, 3.63) is 12.1 Å². The molecule has 1 aliphatic carbocycles. The summed E-state index contributed by atoms with van der Waals surface area (Å²) in [5.74, 6) is 3.37.